The lowest BCUT2D eigenvalue weighted by Gasteiger charge is -2.14. The maximum absolute atomic E-state index is 5.65. The highest BCUT2D eigenvalue weighted by atomic mass is 127. The number of hydrogen-bond donors (Lipinski definition) is 2. The number of nitrogens with zero attached hydrogens (tertiary/aromatic N) is 1. The first kappa shape index (κ1) is 18.8. The molecule has 2 N–H and O–H groups in total. The van der Waals surface area contributed by atoms with Crippen molar-refractivity contribution in [2.75, 3.05) is 20.2 Å². The van der Waals surface area contributed by atoms with Gasteiger partial charge in [-0.05, 0) is 18.4 Å². The molecule has 0 spiro atoms. The lowest BCUT2D eigenvalue weighted by Crippen LogP contribution is -2.37. The summed E-state index contributed by atoms with van der Waals surface area (Å²) in [4.78, 5) is 4.25. The summed E-state index contributed by atoms with van der Waals surface area (Å²) in [5.74, 6) is 2.66. The Kier molecular flexibility index (Phi) is 8.96. The number of rotatable bonds is 8. The largest absolute Gasteiger partial charge is 0.489 e. The van der Waals surface area contributed by atoms with Crippen molar-refractivity contribution in [1.82, 2.24) is 10.6 Å². The van der Waals surface area contributed by atoms with E-state index in [0.29, 0.717) is 13.2 Å². The Balaban J connectivity index is 0.00000242. The van der Waals surface area contributed by atoms with Crippen molar-refractivity contribution in [3.63, 3.8) is 0 Å². The van der Waals surface area contributed by atoms with Gasteiger partial charge >= 0.3 is 0 Å². The van der Waals surface area contributed by atoms with Gasteiger partial charge in [-0.15, -0.1) is 24.0 Å². The monoisotopic (exact) mass is 415 g/mol. The van der Waals surface area contributed by atoms with Crippen LogP contribution in [0.3, 0.4) is 0 Å². The highest BCUT2D eigenvalue weighted by molar-refractivity contribution is 14.0. The Hall–Kier alpha value is -1.24. The fraction of sp³-hybridized carbons (Fsp3) is 0.471. The molecule has 1 aromatic carbocycles. The number of para-hydroxylation sites is 1. The maximum Gasteiger partial charge on any atom is 0.191 e. The topological polar surface area (TPSA) is 45.6 Å². The molecule has 0 atom stereocenters. The molecule has 0 bridgehead atoms. The normalized spacial score (nSPS) is 14.0. The molecular weight excluding hydrogens is 389 g/mol. The van der Waals surface area contributed by atoms with Crippen LogP contribution in [0.5, 0.6) is 5.75 Å². The number of benzene rings is 1. The second kappa shape index (κ2) is 10.5. The van der Waals surface area contributed by atoms with Crippen molar-refractivity contribution < 1.29 is 4.74 Å². The second-order valence-corrected chi connectivity index (χ2v) is 5.29. The third-order valence-electron chi connectivity index (χ3n) is 3.54. The van der Waals surface area contributed by atoms with Gasteiger partial charge in [-0.25, -0.2) is 0 Å². The van der Waals surface area contributed by atoms with Crippen LogP contribution in [-0.2, 0) is 6.54 Å². The fourth-order valence-electron chi connectivity index (χ4n) is 2.14. The van der Waals surface area contributed by atoms with Crippen LogP contribution in [0.25, 0.3) is 0 Å². The number of hydrogen-bond acceptors (Lipinski definition) is 2. The summed E-state index contributed by atoms with van der Waals surface area (Å²) in [6.45, 7) is 5.87. The first-order valence-corrected chi connectivity index (χ1v) is 7.59. The molecule has 0 amide bonds. The zero-order chi connectivity index (χ0) is 14.9. The zero-order valence-corrected chi connectivity index (χ0v) is 15.5. The fourth-order valence-corrected chi connectivity index (χ4v) is 2.14. The molecule has 22 heavy (non-hydrogen) atoms. The smallest absolute Gasteiger partial charge is 0.191 e. The van der Waals surface area contributed by atoms with Crippen LogP contribution in [0, 0.1) is 5.92 Å². The summed E-state index contributed by atoms with van der Waals surface area (Å²) in [6, 6.07) is 8.03. The van der Waals surface area contributed by atoms with Gasteiger partial charge in [0.25, 0.3) is 0 Å². The maximum atomic E-state index is 5.65. The highest BCUT2D eigenvalue weighted by Crippen LogP contribution is 2.31. The molecule has 2 rings (SSSR count). The van der Waals surface area contributed by atoms with Crippen LogP contribution in [0.15, 0.2) is 41.9 Å². The van der Waals surface area contributed by atoms with Gasteiger partial charge in [-0.3, -0.25) is 4.99 Å². The van der Waals surface area contributed by atoms with Gasteiger partial charge in [0.05, 0.1) is 0 Å². The Morgan fingerprint density at radius 3 is 2.82 bits per heavy atom. The summed E-state index contributed by atoms with van der Waals surface area (Å²) in [6.07, 6.45) is 5.77. The van der Waals surface area contributed by atoms with E-state index in [0.717, 1.165) is 29.7 Å². The molecule has 0 unspecified atom stereocenters. The first-order valence-electron chi connectivity index (χ1n) is 7.59. The number of nitrogens with one attached hydrogen (secondary N) is 2. The summed E-state index contributed by atoms with van der Waals surface area (Å²) < 4.78 is 5.65. The molecule has 0 radical (unpaired) electrons. The Morgan fingerprint density at radius 1 is 1.36 bits per heavy atom. The number of guanidine groups is 1. The quantitative estimate of drug-likeness (QED) is 0.296. The molecule has 0 heterocycles. The number of ether oxygens (including phenoxy) is 1. The Labute approximate surface area is 150 Å². The van der Waals surface area contributed by atoms with E-state index in [9.17, 15) is 0 Å². The molecule has 122 valence electrons. The van der Waals surface area contributed by atoms with E-state index in [1.807, 2.05) is 18.2 Å². The molecule has 1 aliphatic rings. The Bertz CT molecular complexity index is 487. The van der Waals surface area contributed by atoms with Crippen LogP contribution in [-0.4, -0.2) is 26.2 Å². The highest BCUT2D eigenvalue weighted by Gasteiger charge is 2.20. The predicted molar refractivity (Wildman–Crippen MR) is 103 cm³/mol. The molecule has 0 aliphatic heterocycles. The molecule has 5 heteroatoms. The summed E-state index contributed by atoms with van der Waals surface area (Å²) in [5, 5.41) is 6.69. The van der Waals surface area contributed by atoms with Gasteiger partial charge in [0.15, 0.2) is 5.96 Å². The van der Waals surface area contributed by atoms with Crippen molar-refractivity contribution in [2.24, 2.45) is 10.9 Å². The van der Waals surface area contributed by atoms with Crippen LogP contribution in [0.4, 0.5) is 0 Å². The predicted octanol–water partition coefficient (Wildman–Crippen LogP) is 3.33. The molecule has 1 fully saturated rings. The van der Waals surface area contributed by atoms with Crippen LogP contribution in [0.1, 0.15) is 24.8 Å². The van der Waals surface area contributed by atoms with Crippen molar-refractivity contribution in [3.05, 3.63) is 42.5 Å². The summed E-state index contributed by atoms with van der Waals surface area (Å²) in [5.41, 5.74) is 1.12. The van der Waals surface area contributed by atoms with Gasteiger partial charge in [-0.1, -0.05) is 43.7 Å². The summed E-state index contributed by atoms with van der Waals surface area (Å²) in [7, 11) is 1.80. The molecular formula is C17H26IN3O. The molecule has 0 saturated heterocycles. The van der Waals surface area contributed by atoms with Crippen LogP contribution < -0.4 is 15.4 Å². The standard InChI is InChI=1S/C17H25N3O.HI/c1-3-12-21-16-7-5-4-6-15(16)13-20-17(18-2)19-11-10-14-8-9-14;/h3-7,14H,1,8-13H2,2H3,(H2,18,19,20);1H. The minimum atomic E-state index is 0. The molecule has 1 aliphatic carbocycles. The lowest BCUT2D eigenvalue weighted by molar-refractivity contribution is 0.358. The minimum Gasteiger partial charge on any atom is -0.489 e. The van der Waals surface area contributed by atoms with E-state index in [2.05, 4.69) is 28.3 Å². The molecule has 0 aromatic heterocycles. The van der Waals surface area contributed by atoms with E-state index < -0.39 is 0 Å². The number of halogens is 1. The van der Waals surface area contributed by atoms with Crippen molar-refractivity contribution in [2.45, 2.75) is 25.8 Å². The lowest BCUT2D eigenvalue weighted by atomic mass is 10.2. The van der Waals surface area contributed by atoms with Crippen LogP contribution >= 0.6 is 24.0 Å². The molecule has 1 aromatic rings. The average Bonchev–Trinajstić information content (AvgIpc) is 3.33. The van der Waals surface area contributed by atoms with Gasteiger partial charge in [-0.2, -0.15) is 0 Å². The third-order valence-corrected chi connectivity index (χ3v) is 3.54. The third kappa shape index (κ3) is 6.68. The van der Waals surface area contributed by atoms with E-state index in [1.165, 1.54) is 19.3 Å². The average molecular weight is 415 g/mol. The van der Waals surface area contributed by atoms with Gasteiger partial charge in [0.1, 0.15) is 12.4 Å². The number of aliphatic imine (C=N–C) groups is 1. The van der Waals surface area contributed by atoms with E-state index in [1.54, 1.807) is 13.1 Å². The van der Waals surface area contributed by atoms with E-state index in [4.69, 9.17) is 4.74 Å². The van der Waals surface area contributed by atoms with Gasteiger partial charge < -0.3 is 15.4 Å². The zero-order valence-electron chi connectivity index (χ0n) is 13.2. The van der Waals surface area contributed by atoms with Crippen molar-refractivity contribution in [1.29, 1.82) is 0 Å². The van der Waals surface area contributed by atoms with Gasteiger partial charge in [0, 0.05) is 25.7 Å². The van der Waals surface area contributed by atoms with Crippen molar-refractivity contribution >= 4 is 29.9 Å². The van der Waals surface area contributed by atoms with Gasteiger partial charge in [0.2, 0.25) is 0 Å². The minimum absolute atomic E-state index is 0. The summed E-state index contributed by atoms with van der Waals surface area (Å²) >= 11 is 0. The molecule has 1 saturated carbocycles. The van der Waals surface area contributed by atoms with E-state index in [-0.39, 0.29) is 24.0 Å². The first-order chi connectivity index (χ1) is 10.3. The SMILES string of the molecule is C=CCOc1ccccc1CNC(=NC)NCCC1CC1.I. The Morgan fingerprint density at radius 2 is 2.14 bits per heavy atom. The van der Waals surface area contributed by atoms with Crippen molar-refractivity contribution in [3.8, 4) is 5.75 Å². The van der Waals surface area contributed by atoms with Crippen LogP contribution in [0.2, 0.25) is 0 Å². The molecule has 4 nitrogen and oxygen atoms in total. The second-order valence-electron chi connectivity index (χ2n) is 5.29. The van der Waals surface area contributed by atoms with E-state index >= 15 is 0 Å².